The summed E-state index contributed by atoms with van der Waals surface area (Å²) in [5.74, 6) is 0. The molecule has 2 heterocycles. The smallest absolute Gasteiger partial charge is 0.206 e. The van der Waals surface area contributed by atoms with E-state index in [1.54, 1.807) is 11.3 Å². The van der Waals surface area contributed by atoms with Crippen molar-refractivity contribution in [3.8, 4) is 0 Å². The monoisotopic (exact) mass is 244 g/mol. The summed E-state index contributed by atoms with van der Waals surface area (Å²) < 4.78 is 0.764. The van der Waals surface area contributed by atoms with Gasteiger partial charge < -0.3 is 9.80 Å². The van der Waals surface area contributed by atoms with Gasteiger partial charge in [-0.2, -0.15) is 0 Å². The Morgan fingerprint density at radius 3 is 2.60 bits per heavy atom. The summed E-state index contributed by atoms with van der Waals surface area (Å²) in [4.78, 5) is 4.63. The van der Waals surface area contributed by atoms with E-state index in [0.29, 0.717) is 6.04 Å². The fraction of sp³-hybridized carbons (Fsp3) is 0.778. The zero-order valence-electron chi connectivity index (χ0n) is 9.06. The third-order valence-electron chi connectivity index (χ3n) is 2.89. The fourth-order valence-corrected chi connectivity index (χ4v) is 2.86. The Hall–Kier alpha value is -0.460. The summed E-state index contributed by atoms with van der Waals surface area (Å²) in [5, 5.41) is 8.08. The molecule has 0 saturated carbocycles. The second-order valence-corrected chi connectivity index (χ2v) is 5.72. The normalized spacial score (nSPS) is 18.7. The zero-order chi connectivity index (χ0) is 10.8. The molecule has 1 N–H and O–H groups in total. The van der Waals surface area contributed by atoms with Gasteiger partial charge in [0, 0.05) is 19.1 Å². The van der Waals surface area contributed by atoms with Gasteiger partial charge in [0.25, 0.3) is 0 Å². The van der Waals surface area contributed by atoms with Gasteiger partial charge in [-0.25, -0.2) is 0 Å². The van der Waals surface area contributed by atoms with Crippen molar-refractivity contribution in [3.63, 3.8) is 0 Å². The van der Waals surface area contributed by atoms with E-state index in [-0.39, 0.29) is 0 Å². The van der Waals surface area contributed by atoms with Gasteiger partial charge in [-0.15, -0.1) is 5.10 Å². The third kappa shape index (κ3) is 2.56. The molecule has 1 aliphatic heterocycles. The van der Waals surface area contributed by atoms with Crippen LogP contribution in [0.2, 0.25) is 0 Å². The van der Waals surface area contributed by atoms with Crippen molar-refractivity contribution < 1.29 is 0 Å². The molecule has 4 nitrogen and oxygen atoms in total. The van der Waals surface area contributed by atoms with Gasteiger partial charge in [0.2, 0.25) is 5.13 Å². The van der Waals surface area contributed by atoms with E-state index in [4.69, 9.17) is 12.2 Å². The predicted octanol–water partition coefficient (Wildman–Crippen LogP) is 1.73. The Kier molecular flexibility index (Phi) is 3.38. The second-order valence-electron chi connectivity index (χ2n) is 4.08. The van der Waals surface area contributed by atoms with Crippen LogP contribution in [-0.4, -0.2) is 48.3 Å². The molecule has 0 spiro atoms. The minimum absolute atomic E-state index is 0.716. The largest absolute Gasteiger partial charge is 0.347 e. The van der Waals surface area contributed by atoms with Crippen molar-refractivity contribution in [2.24, 2.45) is 0 Å². The standard InChI is InChI=1S/C9H16N4S2/c1-12(2)7-3-5-13(6-4-7)8-10-11-9(14)15-8/h7H,3-6H2,1-2H3,(H,11,14). The van der Waals surface area contributed by atoms with Crippen LogP contribution in [-0.2, 0) is 0 Å². The van der Waals surface area contributed by atoms with Crippen LogP contribution in [0.3, 0.4) is 0 Å². The second kappa shape index (κ2) is 4.59. The van der Waals surface area contributed by atoms with E-state index >= 15 is 0 Å². The predicted molar refractivity (Wildman–Crippen MR) is 66.2 cm³/mol. The van der Waals surface area contributed by atoms with Gasteiger partial charge in [0.1, 0.15) is 0 Å². The first kappa shape index (κ1) is 11.0. The first-order valence-electron chi connectivity index (χ1n) is 5.13. The number of anilines is 1. The third-order valence-corrected chi connectivity index (χ3v) is 4.04. The van der Waals surface area contributed by atoms with E-state index in [2.05, 4.69) is 34.1 Å². The maximum atomic E-state index is 5.03. The summed E-state index contributed by atoms with van der Waals surface area (Å²) in [6.45, 7) is 2.16. The molecule has 6 heteroatoms. The van der Waals surface area contributed by atoms with Gasteiger partial charge in [0.05, 0.1) is 0 Å². The first-order chi connectivity index (χ1) is 7.16. The van der Waals surface area contributed by atoms with Gasteiger partial charge in [-0.3, -0.25) is 5.10 Å². The van der Waals surface area contributed by atoms with Gasteiger partial charge in [-0.1, -0.05) is 11.3 Å². The summed E-state index contributed by atoms with van der Waals surface area (Å²) in [6, 6.07) is 0.716. The molecule has 1 aromatic rings. The van der Waals surface area contributed by atoms with Gasteiger partial charge >= 0.3 is 0 Å². The van der Waals surface area contributed by atoms with E-state index in [1.807, 2.05) is 0 Å². The Morgan fingerprint density at radius 2 is 2.13 bits per heavy atom. The number of aromatic nitrogens is 2. The molecule has 0 unspecified atom stereocenters. The van der Waals surface area contributed by atoms with Gasteiger partial charge in [0.15, 0.2) is 3.95 Å². The highest BCUT2D eigenvalue weighted by Crippen LogP contribution is 2.23. The fourth-order valence-electron chi connectivity index (χ4n) is 1.93. The minimum atomic E-state index is 0.716. The highest BCUT2D eigenvalue weighted by Gasteiger charge is 2.21. The minimum Gasteiger partial charge on any atom is -0.347 e. The zero-order valence-corrected chi connectivity index (χ0v) is 10.7. The average Bonchev–Trinajstić information content (AvgIpc) is 2.65. The van der Waals surface area contributed by atoms with Crippen LogP contribution < -0.4 is 4.90 Å². The molecule has 1 aliphatic rings. The topological polar surface area (TPSA) is 35.2 Å². The van der Waals surface area contributed by atoms with Crippen LogP contribution in [0.15, 0.2) is 0 Å². The maximum Gasteiger partial charge on any atom is 0.206 e. The molecule has 0 aromatic carbocycles. The van der Waals surface area contributed by atoms with Crippen molar-refractivity contribution in [1.82, 2.24) is 15.1 Å². The average molecular weight is 244 g/mol. The quantitative estimate of drug-likeness (QED) is 0.804. The summed E-state index contributed by atoms with van der Waals surface area (Å²) in [5.41, 5.74) is 0. The van der Waals surface area contributed by atoms with Crippen molar-refractivity contribution >= 4 is 28.7 Å². The van der Waals surface area contributed by atoms with Crippen LogP contribution >= 0.6 is 23.6 Å². The number of hydrogen-bond donors (Lipinski definition) is 1. The van der Waals surface area contributed by atoms with Crippen LogP contribution in [0.5, 0.6) is 0 Å². The lowest BCUT2D eigenvalue weighted by atomic mass is 10.1. The maximum absolute atomic E-state index is 5.03. The highest BCUT2D eigenvalue weighted by atomic mass is 32.1. The Balaban J connectivity index is 1.96. The molecule has 0 bridgehead atoms. The summed E-state index contributed by atoms with van der Waals surface area (Å²) in [6.07, 6.45) is 2.42. The summed E-state index contributed by atoms with van der Waals surface area (Å²) >= 11 is 6.60. The molecular formula is C9H16N4S2. The number of nitrogens with zero attached hydrogens (tertiary/aromatic N) is 3. The molecule has 0 radical (unpaired) electrons. The highest BCUT2D eigenvalue weighted by molar-refractivity contribution is 7.73. The van der Waals surface area contributed by atoms with Crippen molar-refractivity contribution in [3.05, 3.63) is 3.95 Å². The Labute approximate surface area is 98.9 Å². The Morgan fingerprint density at radius 1 is 1.47 bits per heavy atom. The molecule has 1 aromatic heterocycles. The summed E-state index contributed by atoms with van der Waals surface area (Å²) in [7, 11) is 4.30. The van der Waals surface area contributed by atoms with Gasteiger partial charge in [-0.05, 0) is 39.2 Å². The molecule has 0 aliphatic carbocycles. The number of piperidine rings is 1. The number of nitrogens with one attached hydrogen (secondary N) is 1. The van der Waals surface area contributed by atoms with Crippen molar-refractivity contribution in [2.45, 2.75) is 18.9 Å². The lowest BCUT2D eigenvalue weighted by molar-refractivity contribution is 0.249. The number of aromatic amines is 1. The molecule has 0 atom stereocenters. The van der Waals surface area contributed by atoms with Crippen LogP contribution in [0.25, 0.3) is 0 Å². The molecule has 84 valence electrons. The van der Waals surface area contributed by atoms with E-state index < -0.39 is 0 Å². The van der Waals surface area contributed by atoms with E-state index in [9.17, 15) is 0 Å². The number of hydrogen-bond acceptors (Lipinski definition) is 5. The first-order valence-corrected chi connectivity index (χ1v) is 6.36. The lowest BCUT2D eigenvalue weighted by Gasteiger charge is -2.34. The molecule has 1 fully saturated rings. The van der Waals surface area contributed by atoms with Crippen LogP contribution in [0.1, 0.15) is 12.8 Å². The van der Waals surface area contributed by atoms with Crippen LogP contribution in [0, 0.1) is 3.95 Å². The molecule has 2 rings (SSSR count). The van der Waals surface area contributed by atoms with E-state index in [0.717, 1.165) is 22.2 Å². The number of H-pyrrole nitrogens is 1. The lowest BCUT2D eigenvalue weighted by Crippen LogP contribution is -2.41. The number of rotatable bonds is 2. The molecule has 15 heavy (non-hydrogen) atoms. The van der Waals surface area contributed by atoms with Crippen LogP contribution in [0.4, 0.5) is 5.13 Å². The van der Waals surface area contributed by atoms with Crippen molar-refractivity contribution in [2.75, 3.05) is 32.1 Å². The molecule has 1 saturated heterocycles. The molecular weight excluding hydrogens is 228 g/mol. The van der Waals surface area contributed by atoms with E-state index in [1.165, 1.54) is 12.8 Å². The molecule has 0 amide bonds. The van der Waals surface area contributed by atoms with Crippen molar-refractivity contribution in [1.29, 1.82) is 0 Å². The SMILES string of the molecule is CN(C)C1CCN(c2n[nH]c(=S)s2)CC1. The Bertz CT molecular complexity index is 362.